The third kappa shape index (κ3) is 6.27. The van der Waals surface area contributed by atoms with Gasteiger partial charge in [-0.1, -0.05) is 0 Å². The van der Waals surface area contributed by atoms with Gasteiger partial charge in [-0.25, -0.2) is 0 Å². The molecule has 0 bridgehead atoms. The quantitative estimate of drug-likeness (QED) is 0.133. The van der Waals surface area contributed by atoms with Crippen LogP contribution in [0.15, 0.2) is 96.1 Å². The van der Waals surface area contributed by atoms with Crippen molar-refractivity contribution < 1.29 is 15.6 Å². The van der Waals surface area contributed by atoms with Crippen LogP contribution >= 0.6 is 17.0 Å². The standard InChI is InChI=1S/2C17H23.C12H11Si.2ClH.Zr/c2*1-6-13-7-15-9-14(11(2)3)10-16(12(4)5)17(15)8-13;1-3-7-11(8-4-1)13-12-9-5-2-6-10-12;;;/h2*7-12H,6H2,1-5H3;1-10,13H;2*1H;/q;;;;;+2/p-2. The minimum atomic E-state index is -5.41. The Kier molecular flexibility index (Phi) is 10.9. The molecular formula is C46H57Cl2SiZr. The summed E-state index contributed by atoms with van der Waals surface area (Å²) in [6.45, 7) is 23.4. The Morgan fingerprint density at radius 2 is 0.900 bits per heavy atom. The van der Waals surface area contributed by atoms with Gasteiger partial charge < -0.3 is 0 Å². The third-order valence-corrected chi connectivity index (χ3v) is 53.8. The van der Waals surface area contributed by atoms with Crippen molar-refractivity contribution in [2.24, 2.45) is 0 Å². The van der Waals surface area contributed by atoms with Crippen molar-refractivity contribution in [3.05, 3.63) is 141 Å². The molecule has 2 unspecified atom stereocenters. The fourth-order valence-electron chi connectivity index (χ4n) is 9.35. The van der Waals surface area contributed by atoms with Gasteiger partial charge in [0.05, 0.1) is 0 Å². The van der Waals surface area contributed by atoms with Crippen molar-refractivity contribution in [3.8, 4) is 0 Å². The first-order valence-electron chi connectivity index (χ1n) is 19.2. The molecule has 4 aromatic carbocycles. The maximum atomic E-state index is 9.33. The van der Waals surface area contributed by atoms with Gasteiger partial charge >= 0.3 is 315 Å². The number of hydrogen-bond donors (Lipinski definition) is 0. The van der Waals surface area contributed by atoms with Crippen molar-refractivity contribution in [1.82, 2.24) is 0 Å². The van der Waals surface area contributed by atoms with E-state index in [-0.39, 0.29) is 7.25 Å². The topological polar surface area (TPSA) is 0 Å². The van der Waals surface area contributed by atoms with E-state index >= 15 is 0 Å². The predicted octanol–water partition coefficient (Wildman–Crippen LogP) is 13.1. The van der Waals surface area contributed by atoms with Crippen LogP contribution in [0.1, 0.15) is 158 Å². The molecule has 6 rings (SSSR count). The number of rotatable bonds is 11. The van der Waals surface area contributed by atoms with E-state index in [0.717, 1.165) is 12.8 Å². The number of fused-ring (bicyclic) bond motifs is 2. The molecule has 2 atom stereocenters. The minimum absolute atomic E-state index is 0.0177. The number of hydrogen-bond acceptors (Lipinski definition) is 0. The summed E-state index contributed by atoms with van der Waals surface area (Å²) in [6.07, 6.45) is 6.95. The second kappa shape index (κ2) is 14.5. The fourth-order valence-corrected chi connectivity index (χ4v) is 59.5. The van der Waals surface area contributed by atoms with Gasteiger partial charge in [0.1, 0.15) is 0 Å². The van der Waals surface area contributed by atoms with Crippen molar-refractivity contribution in [3.63, 3.8) is 0 Å². The summed E-state index contributed by atoms with van der Waals surface area (Å²) in [5, 5.41) is 2.74. The molecule has 0 N–H and O–H groups in total. The first kappa shape index (κ1) is 37.8. The van der Waals surface area contributed by atoms with Gasteiger partial charge in [0.2, 0.25) is 0 Å². The van der Waals surface area contributed by atoms with Crippen LogP contribution in [-0.2, 0) is 15.6 Å². The van der Waals surface area contributed by atoms with Crippen molar-refractivity contribution in [2.45, 2.75) is 113 Å². The number of benzene rings is 4. The Morgan fingerprint density at radius 3 is 1.20 bits per heavy atom. The normalized spacial score (nSPS) is 18.1. The summed E-state index contributed by atoms with van der Waals surface area (Å²) in [4.78, 5) is 0. The Hall–Kier alpha value is -1.96. The van der Waals surface area contributed by atoms with E-state index in [9.17, 15) is 17.0 Å². The fraction of sp³-hybridized carbons (Fsp3) is 0.391. The first-order chi connectivity index (χ1) is 23.7. The Balaban J connectivity index is 1.82. The second-order valence-electron chi connectivity index (χ2n) is 16.3. The molecule has 4 aromatic rings. The Bertz CT molecular complexity index is 1800. The van der Waals surface area contributed by atoms with E-state index in [4.69, 9.17) is 0 Å². The summed E-state index contributed by atoms with van der Waals surface area (Å²) < 4.78 is 0.0355. The van der Waals surface area contributed by atoms with Crippen molar-refractivity contribution >= 4 is 45.5 Å². The van der Waals surface area contributed by atoms with Gasteiger partial charge in [-0.05, 0) is 0 Å². The van der Waals surface area contributed by atoms with Crippen LogP contribution in [0.2, 0.25) is 0 Å². The number of allylic oxidation sites excluding steroid dienone is 2. The predicted molar refractivity (Wildman–Crippen MR) is 222 cm³/mol. The molecule has 2 aliphatic rings. The summed E-state index contributed by atoms with van der Waals surface area (Å²) in [5.74, 6) is -0.705. The molecule has 0 fully saturated rings. The average Bonchev–Trinajstić information content (AvgIpc) is 3.68. The van der Waals surface area contributed by atoms with Crippen molar-refractivity contribution in [2.75, 3.05) is 0 Å². The SMILES string of the molecule is CCC1=Cc2c(C(C)C)cc(C(C)C)cc2[CH]1[Zr]([Cl])([Cl])([CH]1C(CC)=Cc2c(C(C)C)cc(C(C)C)cc21)[SiH](c1ccccc1)c1ccccc1. The molecule has 0 heterocycles. The zero-order chi connectivity index (χ0) is 36.1. The maximum absolute atomic E-state index is 9.33. The van der Waals surface area contributed by atoms with Gasteiger partial charge in [0.25, 0.3) is 0 Å². The van der Waals surface area contributed by atoms with E-state index in [1.807, 2.05) is 0 Å². The van der Waals surface area contributed by atoms with Crippen LogP contribution in [0, 0.1) is 0 Å². The van der Waals surface area contributed by atoms with Gasteiger partial charge in [-0.15, -0.1) is 0 Å². The molecule has 263 valence electrons. The first-order valence-corrected chi connectivity index (χ1v) is 34.3. The van der Waals surface area contributed by atoms with Crippen LogP contribution in [0.4, 0.5) is 0 Å². The van der Waals surface area contributed by atoms with Crippen LogP contribution < -0.4 is 10.4 Å². The van der Waals surface area contributed by atoms with E-state index in [1.54, 1.807) is 0 Å². The molecule has 0 aliphatic heterocycles. The molecule has 0 spiro atoms. The molecule has 0 radical (unpaired) electrons. The number of halogens is 2. The molecule has 0 saturated heterocycles. The molecule has 0 amide bonds. The molecule has 50 heavy (non-hydrogen) atoms. The van der Waals surface area contributed by atoms with E-state index < -0.39 is 21.5 Å². The Morgan fingerprint density at radius 1 is 0.540 bits per heavy atom. The molecule has 0 nitrogen and oxygen atoms in total. The summed E-state index contributed by atoms with van der Waals surface area (Å²) in [7, 11) is 18.7. The summed E-state index contributed by atoms with van der Waals surface area (Å²) in [6, 6.07) is 32.6. The average molecular weight is 800 g/mol. The molecule has 2 aliphatic carbocycles. The van der Waals surface area contributed by atoms with Crippen LogP contribution in [0.25, 0.3) is 12.2 Å². The van der Waals surface area contributed by atoms with E-state index in [0.29, 0.717) is 23.7 Å². The van der Waals surface area contributed by atoms with Gasteiger partial charge in [0, 0.05) is 0 Å². The Labute approximate surface area is 312 Å². The van der Waals surface area contributed by atoms with Gasteiger partial charge in [-0.3, -0.25) is 0 Å². The molecule has 4 heteroatoms. The third-order valence-electron chi connectivity index (χ3n) is 11.9. The summed E-state index contributed by atoms with van der Waals surface area (Å²) >= 11 is -5.41. The van der Waals surface area contributed by atoms with Crippen LogP contribution in [0.3, 0.4) is 0 Å². The van der Waals surface area contributed by atoms with Crippen LogP contribution in [0.5, 0.6) is 0 Å². The van der Waals surface area contributed by atoms with Crippen molar-refractivity contribution in [1.29, 1.82) is 0 Å². The van der Waals surface area contributed by atoms with E-state index in [1.165, 1.54) is 66.0 Å². The second-order valence-corrected chi connectivity index (χ2v) is 54.5. The molecule has 0 aromatic heterocycles. The zero-order valence-corrected chi connectivity index (χ0v) is 37.1. The monoisotopic (exact) mass is 797 g/mol. The van der Waals surface area contributed by atoms with Crippen LogP contribution in [-0.4, -0.2) is 5.92 Å². The van der Waals surface area contributed by atoms with Gasteiger partial charge in [-0.2, -0.15) is 0 Å². The zero-order valence-electron chi connectivity index (χ0n) is 31.9. The summed E-state index contributed by atoms with van der Waals surface area (Å²) in [5.41, 5.74) is 14.1. The molecular weight excluding hydrogens is 743 g/mol. The van der Waals surface area contributed by atoms with Gasteiger partial charge in [0.15, 0.2) is 0 Å². The molecule has 0 saturated carbocycles. The van der Waals surface area contributed by atoms with E-state index in [2.05, 4.69) is 166 Å².